The van der Waals surface area contributed by atoms with Gasteiger partial charge in [0.1, 0.15) is 0 Å². The summed E-state index contributed by atoms with van der Waals surface area (Å²) in [7, 11) is 0. The number of nitrogens with zero attached hydrogens (tertiary/aromatic N) is 4. The van der Waals surface area contributed by atoms with Crippen molar-refractivity contribution in [2.45, 2.75) is 17.5 Å². The minimum absolute atomic E-state index is 0.0666. The first kappa shape index (κ1) is 20.7. The van der Waals surface area contributed by atoms with Gasteiger partial charge in [-0.25, -0.2) is 4.98 Å². The van der Waals surface area contributed by atoms with E-state index in [9.17, 15) is 4.79 Å². The zero-order valence-electron chi connectivity index (χ0n) is 16.8. The number of aromatic nitrogens is 4. The van der Waals surface area contributed by atoms with Gasteiger partial charge in [0.2, 0.25) is 11.7 Å². The molecule has 2 aromatic heterocycles. The molecule has 0 saturated heterocycles. The van der Waals surface area contributed by atoms with Gasteiger partial charge in [-0.15, -0.1) is 0 Å². The van der Waals surface area contributed by atoms with E-state index >= 15 is 0 Å². The van der Waals surface area contributed by atoms with Crippen LogP contribution in [0.5, 0.6) is 0 Å². The Labute approximate surface area is 196 Å². The molecule has 0 unspecified atom stereocenters. The summed E-state index contributed by atoms with van der Waals surface area (Å²) in [6.07, 6.45) is 0. The van der Waals surface area contributed by atoms with Crippen LogP contribution in [0, 0.1) is 0 Å². The number of benzene rings is 3. The number of rotatable bonds is 6. The van der Waals surface area contributed by atoms with Crippen molar-refractivity contribution < 1.29 is 4.52 Å². The molecule has 3 aromatic carbocycles. The minimum Gasteiger partial charge on any atom is -0.338 e. The van der Waals surface area contributed by atoms with Crippen molar-refractivity contribution in [3.05, 3.63) is 105 Å². The van der Waals surface area contributed by atoms with Gasteiger partial charge in [-0.2, -0.15) is 4.98 Å². The molecule has 0 N–H and O–H groups in total. The van der Waals surface area contributed by atoms with Crippen LogP contribution in [-0.4, -0.2) is 19.7 Å². The molecule has 0 aliphatic heterocycles. The first-order chi connectivity index (χ1) is 15.7. The lowest BCUT2D eigenvalue weighted by atomic mass is 10.2. The highest BCUT2D eigenvalue weighted by Crippen LogP contribution is 2.24. The van der Waals surface area contributed by atoms with Gasteiger partial charge >= 0.3 is 0 Å². The topological polar surface area (TPSA) is 73.8 Å². The van der Waals surface area contributed by atoms with E-state index in [1.54, 1.807) is 4.57 Å². The molecule has 0 amide bonds. The fraction of sp³-hybridized carbons (Fsp3) is 0.0833. The van der Waals surface area contributed by atoms with Crippen LogP contribution in [0.15, 0.2) is 97.8 Å². The van der Waals surface area contributed by atoms with Crippen LogP contribution in [0.1, 0.15) is 11.5 Å². The van der Waals surface area contributed by atoms with Crippen LogP contribution in [-0.2, 0) is 12.3 Å². The fourth-order valence-electron chi connectivity index (χ4n) is 3.32. The molecule has 0 radical (unpaired) electrons. The Morgan fingerprint density at radius 2 is 1.66 bits per heavy atom. The van der Waals surface area contributed by atoms with Crippen molar-refractivity contribution in [1.29, 1.82) is 0 Å². The Bertz CT molecular complexity index is 1430. The molecule has 0 bridgehead atoms. The minimum atomic E-state index is -0.0666. The van der Waals surface area contributed by atoms with Crippen LogP contribution in [0.4, 0.5) is 0 Å². The van der Waals surface area contributed by atoms with E-state index in [4.69, 9.17) is 9.51 Å². The molecule has 0 aliphatic carbocycles. The maximum Gasteiger partial charge on any atom is 0.262 e. The molecule has 2 heterocycles. The highest BCUT2D eigenvalue weighted by atomic mass is 79.9. The molecule has 0 aliphatic rings. The second-order valence-electron chi connectivity index (χ2n) is 7.10. The summed E-state index contributed by atoms with van der Waals surface area (Å²) in [4.78, 5) is 22.5. The van der Waals surface area contributed by atoms with Crippen molar-refractivity contribution in [2.75, 3.05) is 0 Å². The third kappa shape index (κ3) is 4.37. The fourth-order valence-corrected chi connectivity index (χ4v) is 4.42. The van der Waals surface area contributed by atoms with E-state index < -0.39 is 0 Å². The summed E-state index contributed by atoms with van der Waals surface area (Å²) in [6.45, 7) is 0.438. The maximum absolute atomic E-state index is 13.2. The molecule has 0 saturated carbocycles. The Hall–Kier alpha value is -3.23. The number of hydrogen-bond acceptors (Lipinski definition) is 6. The normalized spacial score (nSPS) is 11.2. The quantitative estimate of drug-likeness (QED) is 0.223. The average Bonchev–Trinajstić information content (AvgIpc) is 3.30. The highest BCUT2D eigenvalue weighted by molar-refractivity contribution is 9.10. The van der Waals surface area contributed by atoms with E-state index in [0.717, 1.165) is 15.6 Å². The Morgan fingerprint density at radius 1 is 0.906 bits per heavy atom. The van der Waals surface area contributed by atoms with Gasteiger partial charge in [0.25, 0.3) is 5.56 Å². The molecule has 0 spiro atoms. The summed E-state index contributed by atoms with van der Waals surface area (Å²) in [5.41, 5.74) is 2.51. The second-order valence-corrected chi connectivity index (χ2v) is 8.95. The number of fused-ring (bicyclic) bond motifs is 1. The molecule has 6 nitrogen and oxygen atoms in total. The molecule has 5 rings (SSSR count). The van der Waals surface area contributed by atoms with Crippen LogP contribution in [0.25, 0.3) is 22.3 Å². The van der Waals surface area contributed by atoms with Gasteiger partial charge in [-0.05, 0) is 42.0 Å². The lowest BCUT2D eigenvalue weighted by Crippen LogP contribution is -2.24. The summed E-state index contributed by atoms with van der Waals surface area (Å²) in [6, 6.07) is 25.0. The molecule has 5 aromatic rings. The largest absolute Gasteiger partial charge is 0.338 e. The van der Waals surface area contributed by atoms with Crippen molar-refractivity contribution >= 4 is 38.6 Å². The van der Waals surface area contributed by atoms with Crippen LogP contribution in [0.3, 0.4) is 0 Å². The number of para-hydroxylation sites is 1. The van der Waals surface area contributed by atoms with Crippen molar-refractivity contribution in [3.8, 4) is 11.4 Å². The van der Waals surface area contributed by atoms with Crippen molar-refractivity contribution in [2.24, 2.45) is 0 Å². The van der Waals surface area contributed by atoms with Gasteiger partial charge in [-0.3, -0.25) is 9.36 Å². The molecule has 158 valence electrons. The van der Waals surface area contributed by atoms with E-state index in [1.807, 2.05) is 78.9 Å². The molecular weight excluding hydrogens is 488 g/mol. The van der Waals surface area contributed by atoms with E-state index in [1.165, 1.54) is 11.8 Å². The van der Waals surface area contributed by atoms with Crippen LogP contribution >= 0.6 is 27.7 Å². The van der Waals surface area contributed by atoms with E-state index in [-0.39, 0.29) is 5.56 Å². The number of hydrogen-bond donors (Lipinski definition) is 0. The Morgan fingerprint density at radius 3 is 2.47 bits per heavy atom. The SMILES string of the molecule is O=c1c2ccccc2nc(SCc2nc(-c3ccc(Br)cc3)no2)n1Cc1ccccc1. The Kier molecular flexibility index (Phi) is 5.87. The molecule has 8 heteroatoms. The van der Waals surface area contributed by atoms with Gasteiger partial charge in [-0.1, -0.05) is 75.3 Å². The zero-order chi connectivity index (χ0) is 21.9. The van der Waals surface area contributed by atoms with Gasteiger partial charge < -0.3 is 4.52 Å². The predicted octanol–water partition coefficient (Wildman–Crippen LogP) is 5.55. The van der Waals surface area contributed by atoms with Gasteiger partial charge in [0, 0.05) is 10.0 Å². The monoisotopic (exact) mass is 504 g/mol. The number of thioether (sulfide) groups is 1. The highest BCUT2D eigenvalue weighted by Gasteiger charge is 2.15. The number of halogens is 1. The third-order valence-corrected chi connectivity index (χ3v) is 6.40. The van der Waals surface area contributed by atoms with Crippen molar-refractivity contribution in [1.82, 2.24) is 19.7 Å². The van der Waals surface area contributed by atoms with Crippen LogP contribution < -0.4 is 5.56 Å². The standard InChI is InChI=1S/C24H17BrN4O2S/c25-18-12-10-17(11-13-18)22-27-21(31-28-22)15-32-24-26-20-9-5-4-8-19(20)23(30)29(24)14-16-6-2-1-3-7-16/h1-13H,14-15H2. The molecule has 0 atom stereocenters. The smallest absolute Gasteiger partial charge is 0.262 e. The average molecular weight is 505 g/mol. The summed E-state index contributed by atoms with van der Waals surface area (Å²) < 4.78 is 8.13. The summed E-state index contributed by atoms with van der Waals surface area (Å²) in [5.74, 6) is 1.41. The molecular formula is C24H17BrN4O2S. The lowest BCUT2D eigenvalue weighted by Gasteiger charge is -2.12. The first-order valence-corrected chi connectivity index (χ1v) is 11.7. The van der Waals surface area contributed by atoms with Gasteiger partial charge in [0.05, 0.1) is 23.2 Å². The predicted molar refractivity (Wildman–Crippen MR) is 129 cm³/mol. The van der Waals surface area contributed by atoms with Crippen molar-refractivity contribution in [3.63, 3.8) is 0 Å². The molecule has 0 fully saturated rings. The summed E-state index contributed by atoms with van der Waals surface area (Å²) >= 11 is 4.83. The zero-order valence-corrected chi connectivity index (χ0v) is 19.2. The second kappa shape index (κ2) is 9.10. The summed E-state index contributed by atoms with van der Waals surface area (Å²) in [5, 5.41) is 5.29. The lowest BCUT2D eigenvalue weighted by molar-refractivity contribution is 0.391. The van der Waals surface area contributed by atoms with E-state index in [2.05, 4.69) is 26.1 Å². The third-order valence-electron chi connectivity index (χ3n) is 4.91. The van der Waals surface area contributed by atoms with Gasteiger partial charge in [0.15, 0.2) is 5.16 Å². The molecule has 32 heavy (non-hydrogen) atoms. The first-order valence-electron chi connectivity index (χ1n) is 9.92. The maximum atomic E-state index is 13.2. The Balaban J connectivity index is 1.45. The van der Waals surface area contributed by atoms with E-state index in [0.29, 0.717) is 40.1 Å². The van der Waals surface area contributed by atoms with Crippen LogP contribution in [0.2, 0.25) is 0 Å².